The van der Waals surface area contributed by atoms with Gasteiger partial charge in [-0.1, -0.05) is 12.1 Å². The second-order valence-electron chi connectivity index (χ2n) is 4.10. The lowest BCUT2D eigenvalue weighted by atomic mass is 9.90. The molecule has 0 aliphatic carbocycles. The van der Waals surface area contributed by atoms with Crippen LogP contribution in [0, 0.1) is 5.92 Å². The van der Waals surface area contributed by atoms with E-state index in [1.807, 2.05) is 0 Å². The molecule has 82 valence electrons. The molecule has 0 saturated carbocycles. The molecule has 1 aromatic carbocycles. The fourth-order valence-corrected chi connectivity index (χ4v) is 2.10. The molecule has 0 spiro atoms. The predicted octanol–water partition coefficient (Wildman–Crippen LogP) is 2.40. The Hall–Kier alpha value is -1.09. The Balaban J connectivity index is 2.08. The van der Waals surface area contributed by atoms with E-state index in [-0.39, 0.29) is 11.7 Å². The molecule has 2 nitrogen and oxygen atoms in total. The van der Waals surface area contributed by atoms with E-state index in [9.17, 15) is 9.50 Å². The minimum atomic E-state index is -0.968. The third-order valence-corrected chi connectivity index (χ3v) is 2.94. The maximum Gasteiger partial charge on any atom is 0.129 e. The number of aromatic hydroxyl groups is 1. The average Bonchev–Trinajstić information content (AvgIpc) is 2.29. The van der Waals surface area contributed by atoms with E-state index in [2.05, 4.69) is 5.32 Å². The van der Waals surface area contributed by atoms with Gasteiger partial charge in [0, 0.05) is 12.5 Å². The van der Waals surface area contributed by atoms with E-state index in [4.69, 9.17) is 0 Å². The van der Waals surface area contributed by atoms with Crippen molar-refractivity contribution < 1.29 is 9.50 Å². The van der Waals surface area contributed by atoms with Gasteiger partial charge in [0.15, 0.2) is 0 Å². The van der Waals surface area contributed by atoms with Crippen molar-refractivity contribution in [3.63, 3.8) is 0 Å². The number of piperidine rings is 1. The molecule has 0 aromatic heterocycles. The average molecular weight is 209 g/mol. The maximum absolute atomic E-state index is 14.0. The molecule has 3 heteroatoms. The summed E-state index contributed by atoms with van der Waals surface area (Å²) in [6.45, 7) is 1.72. The summed E-state index contributed by atoms with van der Waals surface area (Å²) in [5, 5.41) is 12.5. The van der Waals surface area contributed by atoms with Gasteiger partial charge in [0.05, 0.1) is 0 Å². The van der Waals surface area contributed by atoms with E-state index in [1.54, 1.807) is 18.2 Å². The number of benzene rings is 1. The van der Waals surface area contributed by atoms with Gasteiger partial charge in [0.1, 0.15) is 11.9 Å². The zero-order valence-electron chi connectivity index (χ0n) is 8.62. The van der Waals surface area contributed by atoms with E-state index >= 15 is 0 Å². The van der Waals surface area contributed by atoms with Crippen LogP contribution in [0.1, 0.15) is 24.6 Å². The van der Waals surface area contributed by atoms with Crippen LogP contribution in [0.15, 0.2) is 24.3 Å². The first-order valence-corrected chi connectivity index (χ1v) is 5.41. The molecular formula is C12H16FNO. The van der Waals surface area contributed by atoms with Gasteiger partial charge in [0.2, 0.25) is 0 Å². The molecule has 1 saturated heterocycles. The first-order valence-electron chi connectivity index (χ1n) is 5.41. The summed E-state index contributed by atoms with van der Waals surface area (Å²) in [7, 11) is 0. The van der Waals surface area contributed by atoms with Gasteiger partial charge in [-0.15, -0.1) is 0 Å². The molecule has 1 fully saturated rings. The number of hydrogen-bond donors (Lipinski definition) is 2. The van der Waals surface area contributed by atoms with Crippen LogP contribution in [-0.4, -0.2) is 18.2 Å². The van der Waals surface area contributed by atoms with Gasteiger partial charge < -0.3 is 10.4 Å². The fourth-order valence-electron chi connectivity index (χ4n) is 2.10. The quantitative estimate of drug-likeness (QED) is 0.784. The van der Waals surface area contributed by atoms with Crippen LogP contribution in [0.4, 0.5) is 4.39 Å². The molecule has 1 aliphatic heterocycles. The Kier molecular flexibility index (Phi) is 3.21. The minimum Gasteiger partial charge on any atom is -0.508 e. The zero-order chi connectivity index (χ0) is 10.7. The van der Waals surface area contributed by atoms with Gasteiger partial charge in [-0.2, -0.15) is 0 Å². The van der Waals surface area contributed by atoms with Crippen LogP contribution in [0.25, 0.3) is 0 Å². The van der Waals surface area contributed by atoms with E-state index < -0.39 is 6.17 Å². The monoisotopic (exact) mass is 209 g/mol. The first-order chi connectivity index (χ1) is 7.27. The van der Waals surface area contributed by atoms with Crippen molar-refractivity contribution in [2.75, 3.05) is 13.1 Å². The van der Waals surface area contributed by atoms with Gasteiger partial charge in [-0.3, -0.25) is 0 Å². The molecule has 0 amide bonds. The van der Waals surface area contributed by atoms with Crippen molar-refractivity contribution in [2.24, 2.45) is 5.92 Å². The highest BCUT2D eigenvalue weighted by Crippen LogP contribution is 2.31. The largest absolute Gasteiger partial charge is 0.508 e. The third-order valence-electron chi connectivity index (χ3n) is 2.94. The Bertz CT molecular complexity index is 323. The first kappa shape index (κ1) is 10.4. The summed E-state index contributed by atoms with van der Waals surface area (Å²) >= 11 is 0. The number of phenolic OH excluding ortho intramolecular Hbond substituents is 1. The number of halogens is 1. The number of hydrogen-bond acceptors (Lipinski definition) is 2. The molecule has 2 atom stereocenters. The van der Waals surface area contributed by atoms with Crippen molar-refractivity contribution in [3.05, 3.63) is 29.8 Å². The molecule has 0 bridgehead atoms. The summed E-state index contributed by atoms with van der Waals surface area (Å²) in [5.41, 5.74) is 0.587. The Labute approximate surface area is 89.1 Å². The molecular weight excluding hydrogens is 193 g/mol. The van der Waals surface area contributed by atoms with Crippen molar-refractivity contribution in [3.8, 4) is 5.75 Å². The molecule has 1 aliphatic rings. The molecule has 2 N–H and O–H groups in total. The lowest BCUT2D eigenvalue weighted by Crippen LogP contribution is -2.32. The smallest absolute Gasteiger partial charge is 0.129 e. The lowest BCUT2D eigenvalue weighted by molar-refractivity contribution is 0.194. The Morgan fingerprint density at radius 3 is 3.00 bits per heavy atom. The van der Waals surface area contributed by atoms with Crippen LogP contribution in [0.2, 0.25) is 0 Å². The molecule has 15 heavy (non-hydrogen) atoms. The van der Waals surface area contributed by atoms with Crippen LogP contribution in [0.5, 0.6) is 5.75 Å². The van der Waals surface area contributed by atoms with Crippen LogP contribution in [0.3, 0.4) is 0 Å². The van der Waals surface area contributed by atoms with E-state index in [0.29, 0.717) is 5.56 Å². The van der Waals surface area contributed by atoms with Gasteiger partial charge in [0.25, 0.3) is 0 Å². The fraction of sp³-hybridized carbons (Fsp3) is 0.500. The van der Waals surface area contributed by atoms with Crippen molar-refractivity contribution in [2.45, 2.75) is 19.0 Å². The summed E-state index contributed by atoms with van der Waals surface area (Å²) in [6.07, 6.45) is 0.984. The molecule has 2 rings (SSSR count). The number of phenols is 1. The van der Waals surface area contributed by atoms with Gasteiger partial charge in [-0.05, 0) is 37.1 Å². The lowest BCUT2D eigenvalue weighted by Gasteiger charge is -2.26. The topological polar surface area (TPSA) is 32.3 Å². The van der Waals surface area contributed by atoms with Crippen LogP contribution in [-0.2, 0) is 0 Å². The summed E-state index contributed by atoms with van der Waals surface area (Å²) in [6, 6.07) is 6.50. The highest BCUT2D eigenvalue weighted by atomic mass is 19.1. The van der Waals surface area contributed by atoms with E-state index in [1.165, 1.54) is 6.07 Å². The Morgan fingerprint density at radius 2 is 2.33 bits per heavy atom. The highest BCUT2D eigenvalue weighted by Gasteiger charge is 2.24. The van der Waals surface area contributed by atoms with E-state index in [0.717, 1.165) is 25.9 Å². The number of alkyl halides is 1. The van der Waals surface area contributed by atoms with Gasteiger partial charge in [-0.25, -0.2) is 4.39 Å². The second-order valence-corrected chi connectivity index (χ2v) is 4.10. The number of nitrogens with one attached hydrogen (secondary N) is 1. The SMILES string of the molecule is Oc1cccc(C(F)C2CCCNC2)c1. The molecule has 0 radical (unpaired) electrons. The zero-order valence-corrected chi connectivity index (χ0v) is 8.62. The molecule has 2 unspecified atom stereocenters. The van der Waals surface area contributed by atoms with Crippen LogP contribution < -0.4 is 5.32 Å². The maximum atomic E-state index is 14.0. The minimum absolute atomic E-state index is 0.0422. The van der Waals surface area contributed by atoms with Crippen molar-refractivity contribution >= 4 is 0 Å². The normalized spacial score (nSPS) is 23.7. The Morgan fingerprint density at radius 1 is 1.47 bits per heavy atom. The highest BCUT2D eigenvalue weighted by molar-refractivity contribution is 5.29. The number of rotatable bonds is 2. The molecule has 1 aromatic rings. The third kappa shape index (κ3) is 2.48. The van der Waals surface area contributed by atoms with Crippen molar-refractivity contribution in [1.29, 1.82) is 0 Å². The second kappa shape index (κ2) is 4.62. The van der Waals surface area contributed by atoms with Crippen molar-refractivity contribution in [1.82, 2.24) is 5.32 Å². The molecule has 1 heterocycles. The predicted molar refractivity (Wildman–Crippen MR) is 57.5 cm³/mol. The standard InChI is InChI=1S/C12H16FNO/c13-12(10-4-2-6-14-8-10)9-3-1-5-11(15)7-9/h1,3,5,7,10,12,14-15H,2,4,6,8H2. The van der Waals surface area contributed by atoms with Gasteiger partial charge >= 0.3 is 0 Å². The van der Waals surface area contributed by atoms with Crippen LogP contribution >= 0.6 is 0 Å². The summed E-state index contributed by atoms with van der Waals surface area (Å²) < 4.78 is 14.0. The summed E-state index contributed by atoms with van der Waals surface area (Å²) in [5.74, 6) is 0.180. The summed E-state index contributed by atoms with van der Waals surface area (Å²) in [4.78, 5) is 0.